The highest BCUT2D eigenvalue weighted by Gasteiger charge is 2.58. The van der Waals surface area contributed by atoms with Crippen molar-refractivity contribution in [2.75, 3.05) is 13.7 Å². The Hall–Kier alpha value is -2.84. The summed E-state index contributed by atoms with van der Waals surface area (Å²) in [6, 6.07) is 0.0578. The summed E-state index contributed by atoms with van der Waals surface area (Å²) >= 11 is 0. The second kappa shape index (κ2) is 9.90. The topological polar surface area (TPSA) is 114 Å². The van der Waals surface area contributed by atoms with E-state index in [4.69, 9.17) is 4.74 Å². The lowest BCUT2D eigenvalue weighted by Crippen LogP contribution is -2.62. The molecule has 3 amide bonds. The van der Waals surface area contributed by atoms with Gasteiger partial charge < -0.3 is 20.7 Å². The molecule has 4 bridgehead atoms. The first kappa shape index (κ1) is 26.2. The average molecular weight is 500 g/mol. The largest absolute Gasteiger partial charge is 0.477 e. The lowest BCUT2D eigenvalue weighted by Gasteiger charge is -2.59. The highest BCUT2D eigenvalue weighted by molar-refractivity contribution is 5.96. The Balaban J connectivity index is 1.53. The summed E-state index contributed by atoms with van der Waals surface area (Å²) in [5.74, 6) is 1.69. The van der Waals surface area contributed by atoms with Crippen molar-refractivity contribution >= 4 is 23.9 Å². The maximum Gasteiger partial charge on any atom is 0.258 e. The van der Waals surface area contributed by atoms with E-state index in [0.29, 0.717) is 35.8 Å². The fourth-order valence-electron chi connectivity index (χ4n) is 6.79. The molecule has 4 saturated carbocycles. The lowest BCUT2D eigenvalue weighted by molar-refractivity contribution is -0.148. The maximum atomic E-state index is 13.5. The van der Waals surface area contributed by atoms with E-state index in [1.54, 1.807) is 24.1 Å². The molecule has 4 aliphatic carbocycles. The summed E-state index contributed by atoms with van der Waals surface area (Å²) in [6.07, 6.45) is 9.86. The number of nitrogens with one attached hydrogen (secondary N) is 3. The van der Waals surface area contributed by atoms with Crippen LogP contribution in [0.2, 0.25) is 0 Å². The van der Waals surface area contributed by atoms with Crippen molar-refractivity contribution in [3.8, 4) is 5.88 Å². The molecule has 4 fully saturated rings. The molecule has 36 heavy (non-hydrogen) atoms. The van der Waals surface area contributed by atoms with Crippen LogP contribution < -0.4 is 20.7 Å². The maximum absolute atomic E-state index is 13.5. The zero-order valence-corrected chi connectivity index (χ0v) is 22.4. The molecule has 1 aromatic rings. The van der Waals surface area contributed by atoms with E-state index in [0.717, 1.165) is 32.1 Å². The Bertz CT molecular complexity index is 1030. The van der Waals surface area contributed by atoms with Crippen LogP contribution in [0.4, 0.5) is 0 Å². The first-order valence-electron chi connectivity index (χ1n) is 13.1. The molecule has 1 heterocycles. The number of carbonyl (C=O) groups is 3. The van der Waals surface area contributed by atoms with Gasteiger partial charge in [0.2, 0.25) is 17.7 Å². The van der Waals surface area contributed by atoms with Crippen LogP contribution in [0, 0.1) is 29.1 Å². The molecule has 0 aliphatic heterocycles. The predicted molar refractivity (Wildman–Crippen MR) is 137 cm³/mol. The molecular formula is C27H41N5O4. The van der Waals surface area contributed by atoms with Crippen molar-refractivity contribution in [2.24, 2.45) is 29.1 Å². The summed E-state index contributed by atoms with van der Waals surface area (Å²) in [4.78, 5) is 37.8. The number of carbonyl (C=O) groups excluding carboxylic acids is 3. The van der Waals surface area contributed by atoms with Crippen molar-refractivity contribution in [2.45, 2.75) is 78.3 Å². The predicted octanol–water partition coefficient (Wildman–Crippen LogP) is 2.97. The molecule has 4 aliphatic rings. The van der Waals surface area contributed by atoms with Crippen LogP contribution in [-0.4, -0.2) is 52.7 Å². The molecule has 1 aromatic heterocycles. The third kappa shape index (κ3) is 5.30. The summed E-state index contributed by atoms with van der Waals surface area (Å²) in [5.41, 5.74) is -0.460. The number of aromatic nitrogens is 2. The molecular weight excluding hydrogens is 458 g/mol. The number of rotatable bonds is 9. The van der Waals surface area contributed by atoms with E-state index in [1.807, 2.05) is 33.8 Å². The Morgan fingerprint density at radius 3 is 2.47 bits per heavy atom. The van der Waals surface area contributed by atoms with Crippen LogP contribution in [0.25, 0.3) is 6.20 Å². The molecule has 3 N–H and O–H groups in total. The van der Waals surface area contributed by atoms with E-state index in [9.17, 15) is 14.4 Å². The second-order valence-electron chi connectivity index (χ2n) is 12.1. The van der Waals surface area contributed by atoms with Gasteiger partial charge in [-0.3, -0.25) is 14.4 Å². The number of amides is 3. The second-order valence-corrected chi connectivity index (χ2v) is 12.1. The standard InChI is InChI=1S/C27H41N5O4/c1-16(2)15-36-24-21(14-29-32(24)8-7-26(4,5)31-17(3)33)23(34)30-22-19-9-18-10-20(22)13-27(11-18,12-19)25(35)28-6/h7-8,14,16,18-20,22H,9-13,15H2,1-6H3,(H,28,35)(H,30,34)(H,31,33). The summed E-state index contributed by atoms with van der Waals surface area (Å²) in [5, 5.41) is 13.5. The van der Waals surface area contributed by atoms with E-state index >= 15 is 0 Å². The quantitative estimate of drug-likeness (QED) is 0.483. The molecule has 0 spiro atoms. The molecule has 198 valence electrons. The van der Waals surface area contributed by atoms with E-state index in [-0.39, 0.29) is 35.1 Å². The monoisotopic (exact) mass is 499 g/mol. The molecule has 9 nitrogen and oxygen atoms in total. The molecule has 0 saturated heterocycles. The summed E-state index contributed by atoms with van der Waals surface area (Å²) in [6.45, 7) is 9.78. The number of hydrogen-bond acceptors (Lipinski definition) is 5. The Kier molecular flexibility index (Phi) is 7.21. The fourth-order valence-corrected chi connectivity index (χ4v) is 6.79. The van der Waals surface area contributed by atoms with Gasteiger partial charge in [0, 0.05) is 26.2 Å². The molecule has 5 rings (SSSR count). The third-order valence-electron chi connectivity index (χ3n) is 7.96. The highest BCUT2D eigenvalue weighted by Crippen LogP contribution is 2.60. The van der Waals surface area contributed by atoms with Crippen molar-refractivity contribution in [3.63, 3.8) is 0 Å². The normalized spacial score (nSPS) is 29.0. The van der Waals surface area contributed by atoms with Crippen LogP contribution in [0.1, 0.15) is 77.1 Å². The zero-order valence-electron chi connectivity index (χ0n) is 22.4. The fraction of sp³-hybridized carbons (Fsp3) is 0.704. The molecule has 2 atom stereocenters. The highest BCUT2D eigenvalue weighted by atomic mass is 16.5. The van der Waals surface area contributed by atoms with Crippen LogP contribution in [-0.2, 0) is 9.59 Å². The van der Waals surface area contributed by atoms with Gasteiger partial charge in [0.25, 0.3) is 5.91 Å². The number of hydrogen-bond donors (Lipinski definition) is 3. The van der Waals surface area contributed by atoms with Crippen LogP contribution >= 0.6 is 0 Å². The minimum Gasteiger partial charge on any atom is -0.477 e. The molecule has 0 radical (unpaired) electrons. The minimum atomic E-state index is -0.587. The van der Waals surface area contributed by atoms with Gasteiger partial charge in [0.15, 0.2) is 0 Å². The van der Waals surface area contributed by atoms with Crippen molar-refractivity contribution in [1.82, 2.24) is 25.7 Å². The van der Waals surface area contributed by atoms with Crippen LogP contribution in [0.5, 0.6) is 5.88 Å². The smallest absolute Gasteiger partial charge is 0.258 e. The van der Waals surface area contributed by atoms with Gasteiger partial charge in [-0.2, -0.15) is 5.10 Å². The minimum absolute atomic E-state index is 0.0578. The summed E-state index contributed by atoms with van der Waals surface area (Å²) < 4.78 is 7.61. The van der Waals surface area contributed by atoms with Crippen LogP contribution in [0.15, 0.2) is 12.3 Å². The van der Waals surface area contributed by atoms with E-state index in [1.165, 1.54) is 6.92 Å². The Morgan fingerprint density at radius 2 is 1.89 bits per heavy atom. The Labute approximate surface area is 213 Å². The van der Waals surface area contributed by atoms with E-state index < -0.39 is 5.54 Å². The van der Waals surface area contributed by atoms with Crippen molar-refractivity contribution in [3.05, 3.63) is 17.8 Å². The van der Waals surface area contributed by atoms with Gasteiger partial charge in [0.05, 0.1) is 23.8 Å². The molecule has 0 aromatic carbocycles. The Morgan fingerprint density at radius 1 is 1.22 bits per heavy atom. The first-order chi connectivity index (χ1) is 16.9. The average Bonchev–Trinajstić information content (AvgIpc) is 3.19. The van der Waals surface area contributed by atoms with Gasteiger partial charge >= 0.3 is 0 Å². The lowest BCUT2D eigenvalue weighted by atomic mass is 9.47. The third-order valence-corrected chi connectivity index (χ3v) is 7.96. The van der Waals surface area contributed by atoms with Gasteiger partial charge in [-0.1, -0.05) is 13.8 Å². The van der Waals surface area contributed by atoms with Crippen molar-refractivity contribution in [1.29, 1.82) is 0 Å². The first-order valence-corrected chi connectivity index (χ1v) is 13.1. The zero-order chi connectivity index (χ0) is 26.3. The van der Waals surface area contributed by atoms with Crippen molar-refractivity contribution < 1.29 is 19.1 Å². The number of nitrogens with zero attached hydrogens (tertiary/aromatic N) is 2. The molecule has 9 heteroatoms. The summed E-state index contributed by atoms with van der Waals surface area (Å²) in [7, 11) is 1.72. The SMILES string of the molecule is CNC(=O)C12CC3CC(C1)C(NC(=O)c1cnn(C=CC(C)(C)NC(C)=O)c1OCC(C)C)C(C3)C2. The van der Waals surface area contributed by atoms with Gasteiger partial charge in [-0.15, -0.1) is 0 Å². The van der Waals surface area contributed by atoms with Gasteiger partial charge in [0.1, 0.15) is 5.56 Å². The van der Waals surface area contributed by atoms with Crippen LogP contribution in [0.3, 0.4) is 0 Å². The molecule has 2 unspecified atom stereocenters. The van der Waals surface area contributed by atoms with E-state index in [2.05, 4.69) is 21.0 Å². The van der Waals surface area contributed by atoms with Gasteiger partial charge in [-0.05, 0) is 75.7 Å². The van der Waals surface area contributed by atoms with Gasteiger partial charge in [-0.25, -0.2) is 4.68 Å². The number of ether oxygens (including phenoxy) is 1.